The van der Waals surface area contributed by atoms with E-state index in [4.69, 9.17) is 0 Å². The van der Waals surface area contributed by atoms with Crippen molar-refractivity contribution in [2.75, 3.05) is 6.54 Å². The van der Waals surface area contributed by atoms with Crippen LogP contribution in [0.15, 0.2) is 24.3 Å². The smallest absolute Gasteiger partial charge is 0.121 e. The average molecular weight is 303 g/mol. The normalized spacial score (nSPS) is 11.8. The summed E-state index contributed by atoms with van der Waals surface area (Å²) in [5.41, 5.74) is 2.79. The maximum atomic E-state index is 4.31. The molecule has 2 aromatic rings. The Hall–Kier alpha value is -1.26. The predicted molar refractivity (Wildman–Crippen MR) is 90.0 cm³/mol. The van der Waals surface area contributed by atoms with Gasteiger partial charge in [0.1, 0.15) is 10.0 Å². The fraction of sp³-hybridized carbons (Fsp3) is 0.529. The Balaban J connectivity index is 1.80. The van der Waals surface area contributed by atoms with Crippen LogP contribution < -0.4 is 5.32 Å². The molecule has 2 rings (SSSR count). The largest absolute Gasteiger partial charge is 0.312 e. The van der Waals surface area contributed by atoms with Crippen molar-refractivity contribution in [2.24, 2.45) is 0 Å². The monoisotopic (exact) mass is 303 g/mol. The zero-order valence-corrected chi connectivity index (χ0v) is 14.3. The van der Waals surface area contributed by atoms with Crippen LogP contribution in [0.5, 0.6) is 0 Å². The molecule has 0 fully saturated rings. The van der Waals surface area contributed by atoms with E-state index in [-0.39, 0.29) is 5.54 Å². The van der Waals surface area contributed by atoms with Crippen LogP contribution >= 0.6 is 11.3 Å². The van der Waals surface area contributed by atoms with Gasteiger partial charge in [0, 0.05) is 18.4 Å². The Morgan fingerprint density at radius 2 is 1.71 bits per heavy atom. The molecule has 0 saturated heterocycles. The highest BCUT2D eigenvalue weighted by Gasteiger charge is 2.09. The van der Waals surface area contributed by atoms with E-state index in [0.717, 1.165) is 35.8 Å². The third kappa shape index (κ3) is 5.94. The van der Waals surface area contributed by atoms with Gasteiger partial charge >= 0.3 is 0 Å². The average Bonchev–Trinajstić information content (AvgIpc) is 2.84. The van der Waals surface area contributed by atoms with E-state index >= 15 is 0 Å². The summed E-state index contributed by atoms with van der Waals surface area (Å²) >= 11 is 1.74. The van der Waals surface area contributed by atoms with Crippen LogP contribution in [0, 0.1) is 6.92 Å². The molecule has 1 heterocycles. The van der Waals surface area contributed by atoms with Crippen LogP contribution in [0.25, 0.3) is 0 Å². The zero-order valence-electron chi connectivity index (χ0n) is 13.4. The third-order valence-electron chi connectivity index (χ3n) is 3.21. The SMILES string of the molecule is Cc1ccc(Cc2nnc(CCCNC(C)(C)C)s2)cc1. The summed E-state index contributed by atoms with van der Waals surface area (Å²) in [7, 11) is 0. The highest BCUT2D eigenvalue weighted by atomic mass is 32.1. The number of aryl methyl sites for hydroxylation is 2. The van der Waals surface area contributed by atoms with Gasteiger partial charge in [-0.3, -0.25) is 0 Å². The maximum absolute atomic E-state index is 4.31. The van der Waals surface area contributed by atoms with E-state index in [2.05, 4.69) is 67.5 Å². The van der Waals surface area contributed by atoms with Gasteiger partial charge in [0.25, 0.3) is 0 Å². The van der Waals surface area contributed by atoms with Crippen LogP contribution in [0.4, 0.5) is 0 Å². The van der Waals surface area contributed by atoms with Gasteiger partial charge in [0.15, 0.2) is 0 Å². The first-order valence-corrected chi connectivity index (χ1v) is 8.36. The van der Waals surface area contributed by atoms with Crippen molar-refractivity contribution in [1.29, 1.82) is 0 Å². The highest BCUT2D eigenvalue weighted by molar-refractivity contribution is 7.11. The fourth-order valence-electron chi connectivity index (χ4n) is 2.04. The third-order valence-corrected chi connectivity index (χ3v) is 4.19. The van der Waals surface area contributed by atoms with Crippen molar-refractivity contribution < 1.29 is 0 Å². The zero-order chi connectivity index (χ0) is 15.3. The number of rotatable bonds is 6. The molecule has 0 unspecified atom stereocenters. The molecular weight excluding hydrogens is 278 g/mol. The molecule has 0 aliphatic rings. The first kappa shape index (κ1) is 16.1. The Bertz CT molecular complexity index is 552. The lowest BCUT2D eigenvalue weighted by molar-refractivity contribution is 0.422. The molecule has 1 aromatic heterocycles. The molecule has 0 saturated carbocycles. The van der Waals surface area contributed by atoms with Crippen molar-refractivity contribution in [3.63, 3.8) is 0 Å². The molecule has 114 valence electrons. The molecule has 0 aliphatic heterocycles. The number of nitrogens with zero attached hydrogens (tertiary/aromatic N) is 2. The minimum atomic E-state index is 0.192. The lowest BCUT2D eigenvalue weighted by Crippen LogP contribution is -2.36. The topological polar surface area (TPSA) is 37.8 Å². The molecular formula is C17H25N3S. The molecule has 0 bridgehead atoms. The summed E-state index contributed by atoms with van der Waals surface area (Å²) in [5.74, 6) is 0. The van der Waals surface area contributed by atoms with E-state index in [1.54, 1.807) is 11.3 Å². The van der Waals surface area contributed by atoms with E-state index in [1.807, 2.05) is 0 Å². The number of hydrogen-bond acceptors (Lipinski definition) is 4. The van der Waals surface area contributed by atoms with E-state index < -0.39 is 0 Å². The fourth-order valence-corrected chi connectivity index (χ4v) is 2.96. The van der Waals surface area contributed by atoms with Gasteiger partial charge in [-0.25, -0.2) is 0 Å². The highest BCUT2D eigenvalue weighted by Crippen LogP contribution is 2.16. The van der Waals surface area contributed by atoms with Gasteiger partial charge in [-0.15, -0.1) is 21.5 Å². The van der Waals surface area contributed by atoms with Gasteiger partial charge in [-0.1, -0.05) is 29.8 Å². The molecule has 21 heavy (non-hydrogen) atoms. The van der Waals surface area contributed by atoms with Crippen molar-refractivity contribution in [3.05, 3.63) is 45.4 Å². The second kappa shape index (κ2) is 7.14. The van der Waals surface area contributed by atoms with Crippen LogP contribution in [0.2, 0.25) is 0 Å². The Kier molecular flexibility index (Phi) is 5.48. The summed E-state index contributed by atoms with van der Waals surface area (Å²) < 4.78 is 0. The Morgan fingerprint density at radius 1 is 1.05 bits per heavy atom. The van der Waals surface area contributed by atoms with Crippen molar-refractivity contribution in [3.8, 4) is 0 Å². The second-order valence-electron chi connectivity index (χ2n) is 6.53. The van der Waals surface area contributed by atoms with Gasteiger partial charge < -0.3 is 5.32 Å². The molecule has 3 nitrogen and oxygen atoms in total. The second-order valence-corrected chi connectivity index (χ2v) is 7.68. The molecule has 0 radical (unpaired) electrons. The van der Waals surface area contributed by atoms with Crippen molar-refractivity contribution >= 4 is 11.3 Å². The molecule has 1 aromatic carbocycles. The van der Waals surface area contributed by atoms with E-state index in [1.165, 1.54) is 11.1 Å². The summed E-state index contributed by atoms with van der Waals surface area (Å²) in [6.45, 7) is 9.71. The lowest BCUT2D eigenvalue weighted by atomic mass is 10.1. The van der Waals surface area contributed by atoms with Gasteiger partial charge in [0.2, 0.25) is 0 Å². The van der Waals surface area contributed by atoms with Gasteiger partial charge in [-0.2, -0.15) is 0 Å². The van der Waals surface area contributed by atoms with Crippen LogP contribution in [-0.2, 0) is 12.8 Å². The summed E-state index contributed by atoms with van der Waals surface area (Å²) in [4.78, 5) is 0. The standard InChI is InChI=1S/C17H25N3S/c1-13-7-9-14(10-8-13)12-16-20-19-15(21-16)6-5-11-18-17(2,3)4/h7-10,18H,5-6,11-12H2,1-4H3. The number of hydrogen-bond donors (Lipinski definition) is 1. The van der Waals surface area contributed by atoms with E-state index in [0.29, 0.717) is 0 Å². The summed E-state index contributed by atoms with van der Waals surface area (Å²) in [6.07, 6.45) is 3.00. The molecule has 0 atom stereocenters. The number of nitrogens with one attached hydrogen (secondary N) is 1. The number of aromatic nitrogens is 2. The quantitative estimate of drug-likeness (QED) is 0.826. The van der Waals surface area contributed by atoms with E-state index in [9.17, 15) is 0 Å². The first-order valence-electron chi connectivity index (χ1n) is 7.54. The van der Waals surface area contributed by atoms with Gasteiger partial charge in [0.05, 0.1) is 0 Å². The minimum absolute atomic E-state index is 0.192. The first-order chi connectivity index (χ1) is 9.92. The Morgan fingerprint density at radius 3 is 2.38 bits per heavy atom. The van der Waals surface area contributed by atoms with Crippen molar-refractivity contribution in [1.82, 2.24) is 15.5 Å². The number of benzene rings is 1. The van der Waals surface area contributed by atoms with Crippen LogP contribution in [-0.4, -0.2) is 22.3 Å². The van der Waals surface area contributed by atoms with Crippen LogP contribution in [0.3, 0.4) is 0 Å². The molecule has 4 heteroatoms. The lowest BCUT2D eigenvalue weighted by Gasteiger charge is -2.20. The summed E-state index contributed by atoms with van der Waals surface area (Å²) in [5, 5.41) is 14.4. The van der Waals surface area contributed by atoms with Crippen LogP contribution in [0.1, 0.15) is 48.3 Å². The van der Waals surface area contributed by atoms with Gasteiger partial charge in [-0.05, 0) is 46.2 Å². The predicted octanol–water partition coefficient (Wildman–Crippen LogP) is 3.76. The molecule has 0 aliphatic carbocycles. The van der Waals surface area contributed by atoms with Crippen molar-refractivity contribution in [2.45, 2.75) is 52.5 Å². The molecule has 1 N–H and O–H groups in total. The summed E-state index contributed by atoms with van der Waals surface area (Å²) in [6, 6.07) is 8.64. The molecule has 0 spiro atoms. The molecule has 0 amide bonds. The maximum Gasteiger partial charge on any atom is 0.121 e. The minimum Gasteiger partial charge on any atom is -0.312 e. The Labute approximate surface area is 131 Å².